The molecule has 0 bridgehead atoms. The Morgan fingerprint density at radius 1 is 0.477 bits per heavy atom. The van der Waals surface area contributed by atoms with Gasteiger partial charge in [-0.25, -0.2) is 68.0 Å². The topological polar surface area (TPSA) is 309 Å². The molecule has 35 nitrogen and oxygen atoms in total. The smallest absolute Gasteiger partial charge is 0.287 e. The molecule has 14 fully saturated rings. The highest BCUT2D eigenvalue weighted by Gasteiger charge is 2.80. The van der Waals surface area contributed by atoms with Crippen LogP contribution in [0.5, 0.6) is 0 Å². The van der Waals surface area contributed by atoms with Crippen molar-refractivity contribution in [2.75, 3.05) is 66.7 Å². The van der Waals surface area contributed by atoms with Gasteiger partial charge in [0.25, 0.3) is 6.17 Å². The number of carbonyl (C=O) groups is 9. The summed E-state index contributed by atoms with van der Waals surface area (Å²) >= 11 is 0. The molecule has 14 aliphatic heterocycles. The van der Waals surface area contributed by atoms with Gasteiger partial charge in [0.15, 0.2) is 43.2 Å². The summed E-state index contributed by atoms with van der Waals surface area (Å²) in [7, 11) is 0. The van der Waals surface area contributed by atoms with Crippen molar-refractivity contribution in [1.82, 2.24) is 105 Å². The monoisotopic (exact) mass is 909 g/mol. The molecule has 18 amide bonds. The molecule has 10 unspecified atom stereocenters. The lowest BCUT2D eigenvalue weighted by Crippen LogP contribution is -2.73. The van der Waals surface area contributed by atoms with Gasteiger partial charge in [-0.3, -0.25) is 75.2 Å². The molecule has 65 heavy (non-hydrogen) atoms. The molecule has 340 valence electrons. The van der Waals surface area contributed by atoms with Crippen LogP contribution in [-0.2, 0) is 0 Å². The largest absolute Gasteiger partial charge is 0.518 e. The van der Waals surface area contributed by atoms with Crippen molar-refractivity contribution in [2.24, 2.45) is 0 Å². The Morgan fingerprint density at radius 3 is 1.51 bits per heavy atom. The van der Waals surface area contributed by atoms with Gasteiger partial charge in [0.05, 0.1) is 36.5 Å². The van der Waals surface area contributed by atoms with Crippen LogP contribution in [0, 0.1) is 9.81 Å². The second kappa shape index (κ2) is 11.7. The van der Waals surface area contributed by atoms with E-state index in [0.29, 0.717) is 10.0 Å². The highest BCUT2D eigenvalue weighted by atomic mass is 16.4. The maximum atomic E-state index is 14.6. The third-order valence-electron chi connectivity index (χ3n) is 14.7. The molecule has 10 atom stereocenters. The Bertz CT molecular complexity index is 2400. The van der Waals surface area contributed by atoms with E-state index >= 15 is 0 Å². The first-order chi connectivity index (χ1) is 31.3. The molecule has 14 aliphatic rings. The van der Waals surface area contributed by atoms with Crippen molar-refractivity contribution >= 4 is 61.0 Å². The zero-order valence-electron chi connectivity index (χ0n) is 33.5. The van der Waals surface area contributed by atoms with Gasteiger partial charge in [0.2, 0.25) is 29.2 Å². The normalized spacial score (nSPS) is 37.9. The van der Waals surface area contributed by atoms with Gasteiger partial charge in [0, 0.05) is 0 Å². The molecule has 5 N–H and O–H groups in total. The first-order valence-corrected chi connectivity index (χ1v) is 20.6. The quantitative estimate of drug-likeness (QED) is 0.153. The summed E-state index contributed by atoms with van der Waals surface area (Å²) in [5.41, 5.74) is 2.95. The maximum absolute atomic E-state index is 14.6. The minimum Gasteiger partial charge on any atom is -0.287 e. The van der Waals surface area contributed by atoms with Crippen molar-refractivity contribution in [3.05, 3.63) is 9.81 Å². The van der Waals surface area contributed by atoms with Crippen LogP contribution in [0.15, 0.2) is 0 Å². The predicted octanol–water partition coefficient (Wildman–Crippen LogP) is -7.11. The van der Waals surface area contributed by atoms with Crippen LogP contribution in [0.2, 0.25) is 0 Å². The van der Waals surface area contributed by atoms with Crippen LogP contribution < -0.4 is 26.7 Å². The number of imide groups is 1. The molecule has 0 aromatic heterocycles. The lowest BCUT2D eigenvalue weighted by molar-refractivity contribution is -0.947. The van der Waals surface area contributed by atoms with Gasteiger partial charge in [-0.2, -0.15) is 0 Å². The lowest BCUT2D eigenvalue weighted by atomic mass is 10.3. The highest BCUT2D eigenvalue weighted by molar-refractivity contribution is 5.98. The van der Waals surface area contributed by atoms with Crippen LogP contribution in [0.3, 0.4) is 0 Å². The molecule has 0 radical (unpaired) electrons. The number of hydrazine groups is 3. The molecular weight excluding hydrogens is 872 g/mol. The standard InChI is InChI=1S/C30H36N24O11/c1-36-4-34-22(55)49-19-16-43(26(59)40(19)7-36)8-41-15-14-38(24(41)57)5-32-12(33-6-39(14)25(58)42(15)9-45(16)27(49)60)13-53(64)51-21-18-47(29(51)62)10-44-17-20-37(23(44)56)3-31-2-35-50(20)28(61)46(17)11-48(18)30(63)52(21)54(13)65/h12-21,31-33,35H,1-11H2/q+2/p+1. The number of amides is 18. The lowest BCUT2D eigenvalue weighted by Gasteiger charge is -2.41. The average molecular weight is 910 g/mol. The van der Waals surface area contributed by atoms with Crippen LogP contribution in [0.1, 0.15) is 0 Å². The van der Waals surface area contributed by atoms with E-state index in [2.05, 4.69) is 33.4 Å². The fourth-order valence-corrected chi connectivity index (χ4v) is 12.0. The first-order valence-electron chi connectivity index (χ1n) is 20.6. The van der Waals surface area contributed by atoms with Crippen molar-refractivity contribution in [3.8, 4) is 0 Å². The van der Waals surface area contributed by atoms with E-state index < -0.39 is 156 Å². The second-order valence-electron chi connectivity index (χ2n) is 17.6. The van der Waals surface area contributed by atoms with E-state index in [9.17, 15) is 53.0 Å². The molecule has 14 saturated heterocycles. The van der Waals surface area contributed by atoms with Crippen molar-refractivity contribution in [3.63, 3.8) is 0 Å². The zero-order chi connectivity index (χ0) is 44.5. The van der Waals surface area contributed by atoms with Crippen LogP contribution in [0.25, 0.3) is 0 Å². The number of nitrogens with zero attached hydrogens (tertiary/aromatic N) is 19. The number of urea groups is 9. The van der Waals surface area contributed by atoms with Crippen molar-refractivity contribution in [1.29, 1.82) is 0 Å². The zero-order valence-corrected chi connectivity index (χ0v) is 33.5. The molecule has 0 aliphatic carbocycles. The minimum absolute atomic E-state index is 0.0692. The maximum Gasteiger partial charge on any atom is 0.518 e. The molecule has 35 heteroatoms. The summed E-state index contributed by atoms with van der Waals surface area (Å²) in [5, 5.41) is 14.3. The summed E-state index contributed by atoms with van der Waals surface area (Å²) in [6, 6.07) is -6.42. The molecule has 0 saturated carbocycles. The Balaban J connectivity index is 0.773. The number of nitroso groups, excluding NO2 is 2. The van der Waals surface area contributed by atoms with Gasteiger partial charge in [-0.1, -0.05) is 0 Å². The molecule has 0 aromatic carbocycles. The van der Waals surface area contributed by atoms with E-state index in [1.807, 2.05) is 0 Å². The van der Waals surface area contributed by atoms with Gasteiger partial charge in [-0.15, -0.1) is 0 Å². The summed E-state index contributed by atoms with van der Waals surface area (Å²) in [5.74, 6) is 0. The van der Waals surface area contributed by atoms with E-state index in [1.165, 1.54) is 58.6 Å². The average Bonchev–Trinajstić information content (AvgIpc) is 4.04. The number of hydrogen-bond acceptors (Lipinski definition) is 15. The molecule has 0 aromatic rings. The third kappa shape index (κ3) is 4.06. The predicted molar refractivity (Wildman–Crippen MR) is 195 cm³/mol. The van der Waals surface area contributed by atoms with Crippen LogP contribution >= 0.6 is 0 Å². The number of hydrogen-bond donors (Lipinski definition) is 5. The fraction of sp³-hybridized carbons (Fsp3) is 0.667. The van der Waals surface area contributed by atoms with Gasteiger partial charge >= 0.3 is 60.4 Å². The van der Waals surface area contributed by atoms with E-state index in [0.717, 1.165) is 14.7 Å². The number of rotatable bonds is 1. The molecule has 14 rings (SSSR count). The Kier molecular flexibility index (Phi) is 6.63. The first kappa shape index (κ1) is 36.8. The van der Waals surface area contributed by atoms with Crippen LogP contribution in [-0.4, -0.2) is 282 Å². The van der Waals surface area contributed by atoms with Gasteiger partial charge < -0.3 is 0 Å². The van der Waals surface area contributed by atoms with Gasteiger partial charge in [0.1, 0.15) is 33.4 Å². The molecular formula is C30H37N24O11+3. The Labute approximate surface area is 361 Å². The Morgan fingerprint density at radius 2 is 0.923 bits per heavy atom. The van der Waals surface area contributed by atoms with E-state index in [-0.39, 0.29) is 36.4 Å². The summed E-state index contributed by atoms with van der Waals surface area (Å²) < 4.78 is 1.43. The third-order valence-corrected chi connectivity index (χ3v) is 14.7. The summed E-state index contributed by atoms with van der Waals surface area (Å²) in [6.45, 7) is 1.37. The second-order valence-corrected chi connectivity index (χ2v) is 17.6. The number of nitrogens with one attached hydrogen (secondary N) is 5. The van der Waals surface area contributed by atoms with Gasteiger partial charge in [-0.05, 0) is 10.0 Å². The molecule has 0 spiro atoms. The Hall–Kier alpha value is -7.66. The minimum atomic E-state index is -1.98. The highest BCUT2D eigenvalue weighted by Crippen LogP contribution is 2.46. The molecule has 14 heterocycles. The van der Waals surface area contributed by atoms with E-state index in [4.69, 9.17) is 0 Å². The van der Waals surface area contributed by atoms with Crippen molar-refractivity contribution in [2.45, 2.75) is 61.7 Å². The van der Waals surface area contributed by atoms with E-state index in [1.54, 1.807) is 0 Å². The summed E-state index contributed by atoms with van der Waals surface area (Å²) in [4.78, 5) is 173. The summed E-state index contributed by atoms with van der Waals surface area (Å²) in [6.07, 6.45) is -12.3. The van der Waals surface area contributed by atoms with Crippen molar-refractivity contribution < 1.29 is 57.5 Å². The number of carbonyl (C=O) groups excluding carboxylic acids is 9. The van der Waals surface area contributed by atoms with Crippen LogP contribution in [0.4, 0.5) is 43.2 Å². The SMILES string of the molecule is C=[N+]1CNC(=O)N2C(=O)N3CN4C(=O)N5CNC(C6[N+](=O)N7C(=O)N8CN9C(=O)N%10CNCNN%11C(=O)N(CN%12C(=O)N(C7C8%12)[N+]6=O)C9C%10%11)NCN6C(=O)N(CN7C(=O)N(C1)C2C73)C4C65. The fourth-order valence-electron chi connectivity index (χ4n) is 12.0.